The van der Waals surface area contributed by atoms with E-state index in [9.17, 15) is 9.18 Å². The smallest absolute Gasteiger partial charge is 0.223 e. The highest BCUT2D eigenvalue weighted by atomic mass is 19.1. The maximum absolute atomic E-state index is 12.8. The van der Waals surface area contributed by atoms with Crippen LogP contribution in [0, 0.1) is 5.82 Å². The van der Waals surface area contributed by atoms with Crippen LogP contribution in [-0.2, 0) is 4.79 Å². The van der Waals surface area contributed by atoms with Crippen LogP contribution in [0.4, 0.5) is 10.3 Å². The Hall–Kier alpha value is -2.50. The topological polar surface area (TPSA) is 66.9 Å². The molecule has 1 aromatic carbocycles. The van der Waals surface area contributed by atoms with Crippen LogP contribution in [0.2, 0.25) is 0 Å². The molecule has 0 aliphatic carbocycles. The summed E-state index contributed by atoms with van der Waals surface area (Å²) in [5.41, 5.74) is 1.02. The summed E-state index contributed by atoms with van der Waals surface area (Å²) in [5.74, 6) is -0.0856. The number of hydrogen-bond acceptors (Lipinski definition) is 4. The van der Waals surface area contributed by atoms with Gasteiger partial charge in [-0.05, 0) is 12.0 Å². The van der Waals surface area contributed by atoms with E-state index in [0.717, 1.165) is 18.0 Å². The number of carbonyl (C=O) groups is 1. The minimum absolute atomic E-state index is 0.0296. The first-order valence-electron chi connectivity index (χ1n) is 6.81. The fourth-order valence-corrected chi connectivity index (χ4v) is 2.48. The van der Waals surface area contributed by atoms with E-state index < -0.39 is 5.82 Å². The maximum Gasteiger partial charge on any atom is 0.223 e. The number of benzene rings is 1. The number of nitrogens with one attached hydrogen (secondary N) is 2. The SMILES string of the molecule is O=C1CC[C@@H](Nc2ncc(F)cn2)[C@H](c2ccccc2)N1. The zero-order chi connectivity index (χ0) is 14.7. The van der Waals surface area contributed by atoms with E-state index in [1.54, 1.807) is 0 Å². The number of carbonyl (C=O) groups excluding carboxylic acids is 1. The van der Waals surface area contributed by atoms with Crippen molar-refractivity contribution in [3.8, 4) is 0 Å². The fourth-order valence-electron chi connectivity index (χ4n) is 2.48. The van der Waals surface area contributed by atoms with Crippen LogP contribution >= 0.6 is 0 Å². The number of amides is 1. The minimum atomic E-state index is -0.475. The second kappa shape index (κ2) is 5.87. The Kier molecular flexibility index (Phi) is 3.77. The van der Waals surface area contributed by atoms with Crippen molar-refractivity contribution in [2.75, 3.05) is 5.32 Å². The second-order valence-corrected chi connectivity index (χ2v) is 4.97. The average molecular weight is 286 g/mol. The fraction of sp³-hybridized carbons (Fsp3) is 0.267. The van der Waals surface area contributed by atoms with Gasteiger partial charge in [-0.1, -0.05) is 30.3 Å². The summed E-state index contributed by atoms with van der Waals surface area (Å²) in [6.45, 7) is 0. The predicted octanol–water partition coefficient (Wildman–Crippen LogP) is 2.05. The van der Waals surface area contributed by atoms with Gasteiger partial charge in [0.1, 0.15) is 0 Å². The Morgan fingerprint density at radius 3 is 2.62 bits per heavy atom. The standard InChI is InChI=1S/C15H15FN4O/c16-11-8-17-15(18-9-11)19-12-6-7-13(21)20-14(12)10-4-2-1-3-5-10/h1-5,8-9,12,14H,6-7H2,(H,20,21)(H,17,18,19)/t12-,14+/m1/s1. The first-order chi connectivity index (χ1) is 10.2. The number of hydrogen-bond donors (Lipinski definition) is 2. The van der Waals surface area contributed by atoms with Gasteiger partial charge in [0.15, 0.2) is 5.82 Å². The summed E-state index contributed by atoms with van der Waals surface area (Å²) in [7, 11) is 0. The van der Waals surface area contributed by atoms with Gasteiger partial charge in [0.2, 0.25) is 11.9 Å². The van der Waals surface area contributed by atoms with Gasteiger partial charge in [0, 0.05) is 6.42 Å². The predicted molar refractivity (Wildman–Crippen MR) is 76.0 cm³/mol. The molecule has 2 aromatic rings. The third-order valence-electron chi connectivity index (χ3n) is 3.49. The quantitative estimate of drug-likeness (QED) is 0.906. The molecule has 0 spiro atoms. The molecule has 108 valence electrons. The lowest BCUT2D eigenvalue weighted by Gasteiger charge is -2.33. The number of anilines is 1. The van der Waals surface area contributed by atoms with Crippen molar-refractivity contribution in [2.45, 2.75) is 24.9 Å². The summed E-state index contributed by atoms with van der Waals surface area (Å²) in [6.07, 6.45) is 3.36. The molecule has 1 saturated heterocycles. The molecular weight excluding hydrogens is 271 g/mol. The Balaban J connectivity index is 1.81. The van der Waals surface area contributed by atoms with Crippen LogP contribution < -0.4 is 10.6 Å². The summed E-state index contributed by atoms with van der Waals surface area (Å²) in [5, 5.41) is 6.16. The number of rotatable bonds is 3. The summed E-state index contributed by atoms with van der Waals surface area (Å²) in [6, 6.07) is 9.55. The molecule has 5 nitrogen and oxygen atoms in total. The molecule has 0 radical (unpaired) electrons. The van der Waals surface area contributed by atoms with Crippen molar-refractivity contribution in [3.63, 3.8) is 0 Å². The van der Waals surface area contributed by atoms with Crippen molar-refractivity contribution in [1.82, 2.24) is 15.3 Å². The van der Waals surface area contributed by atoms with E-state index in [4.69, 9.17) is 0 Å². The number of nitrogens with zero attached hydrogens (tertiary/aromatic N) is 2. The molecule has 1 amide bonds. The molecule has 0 unspecified atom stereocenters. The van der Waals surface area contributed by atoms with Gasteiger partial charge >= 0.3 is 0 Å². The van der Waals surface area contributed by atoms with E-state index in [-0.39, 0.29) is 18.0 Å². The second-order valence-electron chi connectivity index (χ2n) is 4.97. The third-order valence-corrected chi connectivity index (χ3v) is 3.49. The zero-order valence-electron chi connectivity index (χ0n) is 11.3. The van der Waals surface area contributed by atoms with Crippen molar-refractivity contribution in [1.29, 1.82) is 0 Å². The number of aromatic nitrogens is 2. The normalized spacial score (nSPS) is 21.7. The van der Waals surface area contributed by atoms with Gasteiger partial charge in [0.25, 0.3) is 0 Å². The van der Waals surface area contributed by atoms with Crippen LogP contribution in [0.25, 0.3) is 0 Å². The van der Waals surface area contributed by atoms with E-state index in [1.807, 2.05) is 30.3 Å². The monoisotopic (exact) mass is 286 g/mol. The molecule has 6 heteroatoms. The van der Waals surface area contributed by atoms with Crippen molar-refractivity contribution in [2.24, 2.45) is 0 Å². The lowest BCUT2D eigenvalue weighted by atomic mass is 9.92. The van der Waals surface area contributed by atoms with Crippen molar-refractivity contribution < 1.29 is 9.18 Å². The third kappa shape index (κ3) is 3.16. The Labute approximate surface area is 121 Å². The van der Waals surface area contributed by atoms with Crippen LogP contribution in [0.5, 0.6) is 0 Å². The highest BCUT2D eigenvalue weighted by Crippen LogP contribution is 2.26. The van der Waals surface area contributed by atoms with Gasteiger partial charge in [-0.3, -0.25) is 4.79 Å². The highest BCUT2D eigenvalue weighted by Gasteiger charge is 2.30. The van der Waals surface area contributed by atoms with Gasteiger partial charge in [-0.25, -0.2) is 14.4 Å². The van der Waals surface area contributed by atoms with Gasteiger partial charge in [-0.15, -0.1) is 0 Å². The van der Waals surface area contributed by atoms with Gasteiger partial charge in [0.05, 0.1) is 24.5 Å². The largest absolute Gasteiger partial charge is 0.349 e. The minimum Gasteiger partial charge on any atom is -0.349 e. The molecule has 2 atom stereocenters. The first kappa shape index (κ1) is 13.5. The maximum atomic E-state index is 12.8. The van der Waals surface area contributed by atoms with Gasteiger partial charge in [-0.2, -0.15) is 0 Å². The molecule has 2 heterocycles. The Bertz CT molecular complexity index is 617. The molecule has 0 saturated carbocycles. The summed E-state index contributed by atoms with van der Waals surface area (Å²) < 4.78 is 12.8. The lowest BCUT2D eigenvalue weighted by Crippen LogP contribution is -2.45. The number of piperidine rings is 1. The molecule has 1 aromatic heterocycles. The molecule has 1 aliphatic rings. The van der Waals surface area contributed by atoms with Crippen molar-refractivity contribution >= 4 is 11.9 Å². The van der Waals surface area contributed by atoms with Crippen LogP contribution in [0.3, 0.4) is 0 Å². The van der Waals surface area contributed by atoms with E-state index in [1.165, 1.54) is 0 Å². The van der Waals surface area contributed by atoms with Gasteiger partial charge < -0.3 is 10.6 Å². The molecule has 0 bridgehead atoms. The van der Waals surface area contributed by atoms with Crippen LogP contribution in [-0.4, -0.2) is 21.9 Å². The average Bonchev–Trinajstić information content (AvgIpc) is 2.52. The van der Waals surface area contributed by atoms with E-state index >= 15 is 0 Å². The van der Waals surface area contributed by atoms with Crippen molar-refractivity contribution in [3.05, 3.63) is 54.1 Å². The zero-order valence-corrected chi connectivity index (χ0v) is 11.3. The highest BCUT2D eigenvalue weighted by molar-refractivity contribution is 5.77. The summed E-state index contributed by atoms with van der Waals surface area (Å²) >= 11 is 0. The Morgan fingerprint density at radius 1 is 1.19 bits per heavy atom. The molecule has 1 aliphatic heterocycles. The number of halogens is 1. The molecule has 21 heavy (non-hydrogen) atoms. The molecular formula is C15H15FN4O. The lowest BCUT2D eigenvalue weighted by molar-refractivity contribution is -0.123. The van der Waals surface area contributed by atoms with Crippen LogP contribution in [0.15, 0.2) is 42.7 Å². The van der Waals surface area contributed by atoms with E-state index in [0.29, 0.717) is 18.8 Å². The Morgan fingerprint density at radius 2 is 1.90 bits per heavy atom. The van der Waals surface area contributed by atoms with E-state index in [2.05, 4.69) is 20.6 Å². The molecule has 2 N–H and O–H groups in total. The molecule has 1 fully saturated rings. The first-order valence-corrected chi connectivity index (χ1v) is 6.81. The van der Waals surface area contributed by atoms with Crippen LogP contribution in [0.1, 0.15) is 24.4 Å². The summed E-state index contributed by atoms with van der Waals surface area (Å²) in [4.78, 5) is 19.5. The molecule has 3 rings (SSSR count).